The number of aromatic amines is 1. The van der Waals surface area contributed by atoms with Crippen molar-refractivity contribution in [1.82, 2.24) is 9.97 Å². The quantitative estimate of drug-likeness (QED) is 0.730. The Morgan fingerprint density at radius 2 is 2.00 bits per heavy atom. The Balaban J connectivity index is 1.59. The van der Waals surface area contributed by atoms with Gasteiger partial charge in [0.15, 0.2) is 5.82 Å². The molecule has 0 unspecified atom stereocenters. The van der Waals surface area contributed by atoms with E-state index < -0.39 is 0 Å². The van der Waals surface area contributed by atoms with E-state index in [0.717, 1.165) is 48.3 Å². The Morgan fingerprint density at radius 1 is 1.16 bits per heavy atom. The van der Waals surface area contributed by atoms with E-state index in [1.807, 2.05) is 36.4 Å². The van der Waals surface area contributed by atoms with Crippen LogP contribution in [0.4, 0.5) is 11.5 Å². The molecule has 5 nitrogen and oxygen atoms in total. The summed E-state index contributed by atoms with van der Waals surface area (Å²) < 4.78 is 0. The number of H-pyrrole nitrogens is 1. The van der Waals surface area contributed by atoms with E-state index in [0.29, 0.717) is 10.7 Å². The van der Waals surface area contributed by atoms with Crippen LogP contribution in [0.2, 0.25) is 5.02 Å². The van der Waals surface area contributed by atoms with Crippen molar-refractivity contribution in [3.05, 3.63) is 53.3 Å². The van der Waals surface area contributed by atoms with Crippen molar-refractivity contribution in [2.45, 2.75) is 19.3 Å². The van der Waals surface area contributed by atoms with Crippen LogP contribution >= 0.6 is 11.6 Å². The third-order valence-electron chi connectivity index (χ3n) is 4.52. The number of nitrogens with one attached hydrogen (secondary N) is 2. The highest BCUT2D eigenvalue weighted by Crippen LogP contribution is 2.27. The highest BCUT2D eigenvalue weighted by atomic mass is 35.5. The zero-order chi connectivity index (χ0) is 17.2. The van der Waals surface area contributed by atoms with Crippen LogP contribution in [0.15, 0.2) is 42.6 Å². The summed E-state index contributed by atoms with van der Waals surface area (Å²) in [5.41, 5.74) is 2.09. The lowest BCUT2D eigenvalue weighted by Gasteiger charge is -2.29. The van der Waals surface area contributed by atoms with Gasteiger partial charge < -0.3 is 15.2 Å². The number of anilines is 2. The van der Waals surface area contributed by atoms with Crippen LogP contribution in [0, 0.1) is 0 Å². The molecule has 0 radical (unpaired) electrons. The molecule has 2 N–H and O–H groups in total. The van der Waals surface area contributed by atoms with E-state index >= 15 is 0 Å². The van der Waals surface area contributed by atoms with Crippen molar-refractivity contribution in [1.29, 1.82) is 0 Å². The first-order valence-corrected chi connectivity index (χ1v) is 8.88. The molecule has 1 aliphatic rings. The first-order chi connectivity index (χ1) is 12.2. The summed E-state index contributed by atoms with van der Waals surface area (Å²) in [7, 11) is 0. The van der Waals surface area contributed by atoms with E-state index in [-0.39, 0.29) is 5.91 Å². The van der Waals surface area contributed by atoms with Gasteiger partial charge in [0, 0.05) is 35.2 Å². The molecule has 0 saturated carbocycles. The maximum atomic E-state index is 12.7. The molecule has 3 heterocycles. The molecule has 0 spiro atoms. The lowest BCUT2D eigenvalue weighted by Crippen LogP contribution is -2.31. The minimum atomic E-state index is -0.182. The third-order valence-corrected chi connectivity index (χ3v) is 4.75. The Kier molecular flexibility index (Phi) is 4.32. The molecule has 1 aromatic carbocycles. The predicted octanol–water partition coefficient (Wildman–Crippen LogP) is 4.46. The fourth-order valence-corrected chi connectivity index (χ4v) is 3.44. The van der Waals surface area contributed by atoms with Crippen molar-refractivity contribution < 1.29 is 4.79 Å². The van der Waals surface area contributed by atoms with Crippen molar-refractivity contribution in [2.75, 3.05) is 23.3 Å². The smallest absolute Gasteiger partial charge is 0.272 e. The molecule has 4 rings (SSSR count). The number of rotatable bonds is 3. The summed E-state index contributed by atoms with van der Waals surface area (Å²) in [6, 6.07) is 11.1. The number of carbonyl (C=O) groups excluding carboxylic acids is 1. The van der Waals surface area contributed by atoms with Crippen LogP contribution in [0.25, 0.3) is 10.9 Å². The van der Waals surface area contributed by atoms with Gasteiger partial charge in [0.2, 0.25) is 0 Å². The molecule has 6 heteroatoms. The number of pyridine rings is 1. The zero-order valence-electron chi connectivity index (χ0n) is 13.8. The SMILES string of the molecule is O=C(Nc1cccnc1N1CCCCC1)c1cc2ccc(Cl)cc2[nH]1. The minimum absolute atomic E-state index is 0.182. The third kappa shape index (κ3) is 3.33. The van der Waals surface area contributed by atoms with Gasteiger partial charge in [-0.05, 0) is 49.6 Å². The summed E-state index contributed by atoms with van der Waals surface area (Å²) in [5.74, 6) is 0.660. The molecule has 0 aliphatic carbocycles. The van der Waals surface area contributed by atoms with Crippen LogP contribution in [0.3, 0.4) is 0 Å². The van der Waals surface area contributed by atoms with Crippen LogP contribution in [-0.4, -0.2) is 29.0 Å². The molecule has 1 aliphatic heterocycles. The number of carbonyl (C=O) groups is 1. The van der Waals surface area contributed by atoms with Gasteiger partial charge in [0.05, 0.1) is 5.69 Å². The second-order valence-corrected chi connectivity index (χ2v) is 6.73. The van der Waals surface area contributed by atoms with Gasteiger partial charge in [-0.25, -0.2) is 4.98 Å². The van der Waals surface area contributed by atoms with Crippen LogP contribution in [0.5, 0.6) is 0 Å². The standard InChI is InChI=1S/C19H19ClN4O/c20-14-7-6-13-11-17(22-16(13)12-14)19(25)23-15-5-4-8-21-18(15)24-9-2-1-3-10-24/h4-8,11-12,22H,1-3,9-10H2,(H,23,25). The maximum absolute atomic E-state index is 12.7. The predicted molar refractivity (Wildman–Crippen MR) is 102 cm³/mol. The molecule has 25 heavy (non-hydrogen) atoms. The number of amides is 1. The van der Waals surface area contributed by atoms with Gasteiger partial charge in [0.25, 0.3) is 5.91 Å². The number of hydrogen-bond acceptors (Lipinski definition) is 3. The number of piperidine rings is 1. The first kappa shape index (κ1) is 16.0. The van der Waals surface area contributed by atoms with Gasteiger partial charge in [-0.3, -0.25) is 4.79 Å². The van der Waals surface area contributed by atoms with E-state index in [1.165, 1.54) is 6.42 Å². The topological polar surface area (TPSA) is 61.0 Å². The lowest BCUT2D eigenvalue weighted by atomic mass is 10.1. The Labute approximate surface area is 151 Å². The molecule has 0 atom stereocenters. The van der Waals surface area contributed by atoms with Gasteiger partial charge in [-0.2, -0.15) is 0 Å². The number of fused-ring (bicyclic) bond motifs is 1. The maximum Gasteiger partial charge on any atom is 0.272 e. The van der Waals surface area contributed by atoms with E-state index in [1.54, 1.807) is 6.20 Å². The number of hydrogen-bond donors (Lipinski definition) is 2. The van der Waals surface area contributed by atoms with Crippen LogP contribution < -0.4 is 10.2 Å². The number of halogens is 1. The minimum Gasteiger partial charge on any atom is -0.355 e. The number of nitrogens with zero attached hydrogens (tertiary/aromatic N) is 2. The molecule has 1 saturated heterocycles. The Hall–Kier alpha value is -2.53. The van der Waals surface area contributed by atoms with Gasteiger partial charge in [-0.15, -0.1) is 0 Å². The lowest BCUT2D eigenvalue weighted by molar-refractivity contribution is 0.102. The summed E-state index contributed by atoms with van der Waals surface area (Å²) in [6.07, 6.45) is 5.34. The highest BCUT2D eigenvalue weighted by molar-refractivity contribution is 6.31. The summed E-state index contributed by atoms with van der Waals surface area (Å²) in [5, 5.41) is 4.59. The van der Waals surface area contributed by atoms with E-state index in [9.17, 15) is 4.79 Å². The van der Waals surface area contributed by atoms with Crippen molar-refractivity contribution in [2.24, 2.45) is 0 Å². The van der Waals surface area contributed by atoms with Gasteiger partial charge in [0.1, 0.15) is 5.69 Å². The van der Waals surface area contributed by atoms with Crippen molar-refractivity contribution in [3.8, 4) is 0 Å². The molecule has 1 amide bonds. The average molecular weight is 355 g/mol. The summed E-state index contributed by atoms with van der Waals surface area (Å²) in [4.78, 5) is 22.5. The van der Waals surface area contributed by atoms with Gasteiger partial charge in [-0.1, -0.05) is 17.7 Å². The molecule has 128 valence electrons. The number of benzene rings is 1. The largest absolute Gasteiger partial charge is 0.355 e. The second kappa shape index (κ2) is 6.76. The molecular weight excluding hydrogens is 336 g/mol. The first-order valence-electron chi connectivity index (χ1n) is 8.50. The fraction of sp³-hybridized carbons (Fsp3) is 0.263. The normalized spacial score (nSPS) is 14.7. The van der Waals surface area contributed by atoms with Crippen molar-refractivity contribution in [3.63, 3.8) is 0 Å². The molecule has 3 aromatic rings. The monoisotopic (exact) mass is 354 g/mol. The molecule has 1 fully saturated rings. The van der Waals surface area contributed by atoms with Crippen molar-refractivity contribution >= 4 is 39.9 Å². The van der Waals surface area contributed by atoms with E-state index in [2.05, 4.69) is 20.2 Å². The van der Waals surface area contributed by atoms with Gasteiger partial charge >= 0.3 is 0 Å². The Bertz CT molecular complexity index is 915. The second-order valence-electron chi connectivity index (χ2n) is 6.29. The van der Waals surface area contributed by atoms with E-state index in [4.69, 9.17) is 11.6 Å². The molecular formula is C19H19ClN4O. The molecule has 0 bridgehead atoms. The zero-order valence-corrected chi connectivity index (χ0v) is 14.5. The van der Waals surface area contributed by atoms with Crippen LogP contribution in [0.1, 0.15) is 29.8 Å². The highest BCUT2D eigenvalue weighted by Gasteiger charge is 2.18. The number of aromatic nitrogens is 2. The summed E-state index contributed by atoms with van der Waals surface area (Å²) in [6.45, 7) is 1.95. The average Bonchev–Trinajstić information content (AvgIpc) is 3.06. The van der Waals surface area contributed by atoms with Crippen LogP contribution in [-0.2, 0) is 0 Å². The fourth-order valence-electron chi connectivity index (χ4n) is 3.26. The molecule has 2 aromatic heterocycles. The summed E-state index contributed by atoms with van der Waals surface area (Å²) >= 11 is 6.01. The Morgan fingerprint density at radius 3 is 2.84 bits per heavy atom.